The van der Waals surface area contributed by atoms with E-state index in [0.717, 1.165) is 67.1 Å². The maximum Gasteiger partial charge on any atom is 0.157 e. The molecular formula is C26H27N5. The first-order chi connectivity index (χ1) is 15.2. The Kier molecular flexibility index (Phi) is 4.99. The molecule has 0 spiro atoms. The van der Waals surface area contributed by atoms with Crippen LogP contribution in [-0.4, -0.2) is 35.6 Å². The van der Waals surface area contributed by atoms with Gasteiger partial charge in [0.1, 0.15) is 11.9 Å². The predicted octanol–water partition coefficient (Wildman–Crippen LogP) is 4.95. The Hall–Kier alpha value is -3.52. The van der Waals surface area contributed by atoms with Crippen LogP contribution in [0.5, 0.6) is 0 Å². The largest absolute Gasteiger partial charge is 0.368 e. The SMILES string of the molecule is CCCc1cc(N2CCN(c3ccccc3C)CC2)n2c(nc3ccccc32)c1C#N. The molecule has 2 aromatic heterocycles. The molecule has 0 aliphatic carbocycles. The molecule has 1 saturated heterocycles. The highest BCUT2D eigenvalue weighted by Crippen LogP contribution is 2.31. The molecule has 0 amide bonds. The van der Waals surface area contributed by atoms with E-state index in [9.17, 15) is 5.26 Å². The average molecular weight is 410 g/mol. The highest BCUT2D eigenvalue weighted by molar-refractivity contribution is 5.85. The quantitative estimate of drug-likeness (QED) is 0.479. The van der Waals surface area contributed by atoms with Crippen molar-refractivity contribution in [3.8, 4) is 6.07 Å². The van der Waals surface area contributed by atoms with E-state index in [-0.39, 0.29) is 0 Å². The van der Waals surface area contributed by atoms with Crippen molar-refractivity contribution < 1.29 is 0 Å². The van der Waals surface area contributed by atoms with E-state index < -0.39 is 0 Å². The molecule has 0 atom stereocenters. The molecule has 2 aromatic carbocycles. The summed E-state index contributed by atoms with van der Waals surface area (Å²) in [5, 5.41) is 9.93. The minimum atomic E-state index is 0.709. The smallest absolute Gasteiger partial charge is 0.157 e. The lowest BCUT2D eigenvalue weighted by atomic mass is 10.0. The number of nitrogens with zero attached hydrogens (tertiary/aromatic N) is 5. The molecule has 0 saturated carbocycles. The number of pyridine rings is 1. The monoisotopic (exact) mass is 409 g/mol. The predicted molar refractivity (Wildman–Crippen MR) is 127 cm³/mol. The third-order valence-corrected chi connectivity index (χ3v) is 6.33. The van der Waals surface area contributed by atoms with E-state index in [4.69, 9.17) is 4.98 Å². The Morgan fingerprint density at radius 1 is 0.968 bits per heavy atom. The molecular weight excluding hydrogens is 382 g/mol. The Labute approximate surface area is 183 Å². The number of para-hydroxylation sites is 3. The van der Waals surface area contributed by atoms with Gasteiger partial charge in [0.25, 0.3) is 0 Å². The fourth-order valence-corrected chi connectivity index (χ4v) is 4.78. The van der Waals surface area contributed by atoms with Gasteiger partial charge in [-0.25, -0.2) is 4.98 Å². The van der Waals surface area contributed by atoms with Gasteiger partial charge in [-0.15, -0.1) is 0 Å². The van der Waals surface area contributed by atoms with E-state index >= 15 is 0 Å². The number of hydrogen-bond acceptors (Lipinski definition) is 4. The van der Waals surface area contributed by atoms with Gasteiger partial charge in [-0.1, -0.05) is 43.7 Å². The molecule has 1 fully saturated rings. The highest BCUT2D eigenvalue weighted by Gasteiger charge is 2.24. The zero-order valence-electron chi connectivity index (χ0n) is 18.2. The van der Waals surface area contributed by atoms with Crippen LogP contribution in [0.25, 0.3) is 16.7 Å². The number of aryl methyl sites for hydroxylation is 2. The standard InChI is InChI=1S/C26H27N5/c1-3-8-20-17-25(30-15-13-29(14-16-30)23-11-6-4-9-19(23)2)31-24-12-7-5-10-22(24)28-26(31)21(20)18-27/h4-7,9-12,17H,3,8,13-16H2,1-2H3. The number of rotatable bonds is 4. The van der Waals surface area contributed by atoms with Crippen molar-refractivity contribution in [1.29, 1.82) is 5.26 Å². The second kappa shape index (κ2) is 7.96. The van der Waals surface area contributed by atoms with Gasteiger partial charge in [0.15, 0.2) is 5.65 Å². The van der Waals surface area contributed by atoms with Crippen molar-refractivity contribution in [2.24, 2.45) is 0 Å². The van der Waals surface area contributed by atoms with Crippen LogP contribution in [-0.2, 0) is 6.42 Å². The molecule has 5 rings (SSSR count). The van der Waals surface area contributed by atoms with Gasteiger partial charge in [-0.3, -0.25) is 4.40 Å². The van der Waals surface area contributed by atoms with E-state index in [1.165, 1.54) is 11.3 Å². The van der Waals surface area contributed by atoms with E-state index in [2.05, 4.69) is 70.5 Å². The summed E-state index contributed by atoms with van der Waals surface area (Å²) in [6.07, 6.45) is 1.89. The van der Waals surface area contributed by atoms with Crippen LogP contribution in [0.15, 0.2) is 54.6 Å². The normalized spacial score (nSPS) is 14.4. The van der Waals surface area contributed by atoms with Crippen molar-refractivity contribution in [2.75, 3.05) is 36.0 Å². The summed E-state index contributed by atoms with van der Waals surface area (Å²) in [6.45, 7) is 8.17. The number of hydrogen-bond donors (Lipinski definition) is 0. The second-order valence-corrected chi connectivity index (χ2v) is 8.28. The summed E-state index contributed by atoms with van der Waals surface area (Å²) in [5.41, 5.74) is 7.24. The molecule has 0 bridgehead atoms. The average Bonchev–Trinajstić information content (AvgIpc) is 3.19. The van der Waals surface area contributed by atoms with Crippen LogP contribution in [0.2, 0.25) is 0 Å². The fraction of sp³-hybridized carbons (Fsp3) is 0.308. The van der Waals surface area contributed by atoms with Crippen molar-refractivity contribution in [2.45, 2.75) is 26.7 Å². The van der Waals surface area contributed by atoms with Gasteiger partial charge in [0, 0.05) is 31.9 Å². The minimum absolute atomic E-state index is 0.709. The summed E-state index contributed by atoms with van der Waals surface area (Å²) in [7, 11) is 0. The Balaban J connectivity index is 1.58. The first-order valence-electron chi connectivity index (χ1n) is 11.1. The highest BCUT2D eigenvalue weighted by atomic mass is 15.3. The summed E-state index contributed by atoms with van der Waals surface area (Å²) in [4.78, 5) is 9.79. The van der Waals surface area contributed by atoms with Gasteiger partial charge in [-0.2, -0.15) is 5.26 Å². The Bertz CT molecular complexity index is 1290. The molecule has 1 aliphatic rings. The minimum Gasteiger partial charge on any atom is -0.368 e. The third kappa shape index (κ3) is 3.29. The number of nitriles is 1. The van der Waals surface area contributed by atoms with Crippen LogP contribution < -0.4 is 9.80 Å². The number of aromatic nitrogens is 2. The maximum absolute atomic E-state index is 9.93. The lowest BCUT2D eigenvalue weighted by Crippen LogP contribution is -2.47. The van der Waals surface area contributed by atoms with Crippen LogP contribution in [0, 0.1) is 18.3 Å². The number of fused-ring (bicyclic) bond motifs is 3. The molecule has 0 radical (unpaired) electrons. The van der Waals surface area contributed by atoms with Crippen LogP contribution >= 0.6 is 0 Å². The van der Waals surface area contributed by atoms with Crippen LogP contribution in [0.4, 0.5) is 11.5 Å². The number of piperazine rings is 1. The van der Waals surface area contributed by atoms with Crippen molar-refractivity contribution >= 4 is 28.2 Å². The second-order valence-electron chi connectivity index (χ2n) is 8.28. The molecule has 4 aromatic rings. The van der Waals surface area contributed by atoms with E-state index in [1.54, 1.807) is 0 Å². The summed E-state index contributed by atoms with van der Waals surface area (Å²) in [6, 6.07) is 21.5. The topological polar surface area (TPSA) is 47.6 Å². The number of benzene rings is 2. The maximum atomic E-state index is 9.93. The van der Waals surface area contributed by atoms with Crippen molar-refractivity contribution in [1.82, 2.24) is 9.38 Å². The lowest BCUT2D eigenvalue weighted by molar-refractivity contribution is 0.644. The first-order valence-corrected chi connectivity index (χ1v) is 11.1. The molecule has 0 unspecified atom stereocenters. The van der Waals surface area contributed by atoms with Gasteiger partial charge < -0.3 is 9.80 Å². The van der Waals surface area contributed by atoms with Gasteiger partial charge in [0.2, 0.25) is 0 Å². The molecule has 3 heterocycles. The van der Waals surface area contributed by atoms with Crippen LogP contribution in [0.1, 0.15) is 30.0 Å². The lowest BCUT2D eigenvalue weighted by Gasteiger charge is -2.38. The molecule has 31 heavy (non-hydrogen) atoms. The van der Waals surface area contributed by atoms with Crippen LogP contribution in [0.3, 0.4) is 0 Å². The molecule has 0 N–H and O–H groups in total. The molecule has 156 valence electrons. The summed E-state index contributed by atoms with van der Waals surface area (Å²) < 4.78 is 2.19. The summed E-state index contributed by atoms with van der Waals surface area (Å²) in [5.74, 6) is 1.15. The third-order valence-electron chi connectivity index (χ3n) is 6.33. The molecule has 5 heteroatoms. The first kappa shape index (κ1) is 19.4. The van der Waals surface area contributed by atoms with Gasteiger partial charge in [-0.05, 0) is 48.7 Å². The van der Waals surface area contributed by atoms with Crippen molar-refractivity contribution in [3.63, 3.8) is 0 Å². The van der Waals surface area contributed by atoms with Gasteiger partial charge in [0.05, 0.1) is 16.6 Å². The zero-order valence-corrected chi connectivity index (χ0v) is 18.2. The van der Waals surface area contributed by atoms with E-state index in [0.29, 0.717) is 5.56 Å². The van der Waals surface area contributed by atoms with Crippen molar-refractivity contribution in [3.05, 3.63) is 71.3 Å². The number of anilines is 2. The molecule has 5 nitrogen and oxygen atoms in total. The number of imidazole rings is 1. The Morgan fingerprint density at radius 3 is 2.42 bits per heavy atom. The zero-order chi connectivity index (χ0) is 21.4. The molecule has 1 aliphatic heterocycles. The Morgan fingerprint density at radius 2 is 1.68 bits per heavy atom. The summed E-state index contributed by atoms with van der Waals surface area (Å²) >= 11 is 0. The fourth-order valence-electron chi connectivity index (χ4n) is 4.78. The van der Waals surface area contributed by atoms with E-state index in [1.807, 2.05) is 18.2 Å². The van der Waals surface area contributed by atoms with Gasteiger partial charge >= 0.3 is 0 Å².